The van der Waals surface area contributed by atoms with E-state index < -0.39 is 17.2 Å². The van der Waals surface area contributed by atoms with Crippen molar-refractivity contribution in [2.45, 2.75) is 40.7 Å². The number of benzene rings is 2. The molecule has 0 aliphatic carbocycles. The van der Waals surface area contributed by atoms with E-state index in [1.165, 1.54) is 19.2 Å². The fourth-order valence-corrected chi connectivity index (χ4v) is 2.47. The average Bonchev–Trinajstić information content (AvgIpc) is 2.71. The standard InChI is InChI=1S/C23H29N3O5/c1-14(2)31-18-11-10-16(13-19(18)30-6)21(28)26-25-20(27)15-8-7-9-17(12-15)24-22(29)23(3,4)5/h7-14H,1-6H3,(H,24,29)(H,25,27)(H,26,28). The fraction of sp³-hybridized carbons (Fsp3) is 0.348. The largest absolute Gasteiger partial charge is 0.493 e. The number of nitrogens with one attached hydrogen (secondary N) is 3. The number of carbonyl (C=O) groups is 3. The Labute approximate surface area is 182 Å². The number of methoxy groups -OCH3 is 1. The molecule has 0 unspecified atom stereocenters. The molecule has 0 spiro atoms. The summed E-state index contributed by atoms with van der Waals surface area (Å²) in [6.45, 7) is 9.17. The van der Waals surface area contributed by atoms with Gasteiger partial charge in [0.15, 0.2) is 11.5 Å². The average molecular weight is 428 g/mol. The van der Waals surface area contributed by atoms with Crippen LogP contribution in [0.2, 0.25) is 0 Å². The molecule has 2 aromatic rings. The van der Waals surface area contributed by atoms with Crippen LogP contribution in [0.1, 0.15) is 55.3 Å². The van der Waals surface area contributed by atoms with Crippen molar-refractivity contribution in [3.63, 3.8) is 0 Å². The zero-order chi connectivity index (χ0) is 23.2. The van der Waals surface area contributed by atoms with E-state index in [1.54, 1.807) is 51.1 Å². The molecule has 31 heavy (non-hydrogen) atoms. The van der Waals surface area contributed by atoms with Crippen LogP contribution in [0.15, 0.2) is 42.5 Å². The van der Waals surface area contributed by atoms with Crippen LogP contribution in [0.3, 0.4) is 0 Å². The summed E-state index contributed by atoms with van der Waals surface area (Å²) in [5, 5.41) is 2.77. The molecule has 2 aromatic carbocycles. The van der Waals surface area contributed by atoms with Crippen LogP contribution in [-0.4, -0.2) is 30.9 Å². The van der Waals surface area contributed by atoms with E-state index in [0.717, 1.165) is 0 Å². The highest BCUT2D eigenvalue weighted by atomic mass is 16.5. The Balaban J connectivity index is 2.03. The molecule has 0 heterocycles. The number of hydrogen-bond acceptors (Lipinski definition) is 5. The van der Waals surface area contributed by atoms with Crippen molar-refractivity contribution in [3.05, 3.63) is 53.6 Å². The molecule has 0 bridgehead atoms. The van der Waals surface area contributed by atoms with Crippen molar-refractivity contribution in [1.29, 1.82) is 0 Å². The first-order valence-corrected chi connectivity index (χ1v) is 9.88. The molecule has 3 N–H and O–H groups in total. The first-order valence-electron chi connectivity index (χ1n) is 9.88. The van der Waals surface area contributed by atoms with Crippen LogP contribution in [0.25, 0.3) is 0 Å². The van der Waals surface area contributed by atoms with Crippen LogP contribution in [0.5, 0.6) is 11.5 Å². The predicted molar refractivity (Wildman–Crippen MR) is 118 cm³/mol. The topological polar surface area (TPSA) is 106 Å². The smallest absolute Gasteiger partial charge is 0.269 e. The summed E-state index contributed by atoms with van der Waals surface area (Å²) < 4.78 is 10.9. The van der Waals surface area contributed by atoms with E-state index >= 15 is 0 Å². The Morgan fingerprint density at radius 3 is 2.03 bits per heavy atom. The normalized spacial score (nSPS) is 10.9. The number of amides is 3. The summed E-state index contributed by atoms with van der Waals surface area (Å²) >= 11 is 0. The highest BCUT2D eigenvalue weighted by Crippen LogP contribution is 2.29. The number of hydrogen-bond donors (Lipinski definition) is 3. The minimum atomic E-state index is -0.566. The third-order valence-electron chi connectivity index (χ3n) is 4.14. The van der Waals surface area contributed by atoms with Crippen LogP contribution >= 0.6 is 0 Å². The molecule has 0 atom stereocenters. The van der Waals surface area contributed by atoms with Gasteiger partial charge in [-0.05, 0) is 50.2 Å². The molecule has 8 heteroatoms. The summed E-state index contributed by atoms with van der Waals surface area (Å²) in [6, 6.07) is 11.2. The molecule has 0 fully saturated rings. The first kappa shape index (κ1) is 23.7. The van der Waals surface area contributed by atoms with E-state index in [0.29, 0.717) is 22.7 Å². The Morgan fingerprint density at radius 2 is 1.48 bits per heavy atom. The number of carbonyl (C=O) groups excluding carboxylic acids is 3. The zero-order valence-corrected chi connectivity index (χ0v) is 18.7. The van der Waals surface area contributed by atoms with Crippen molar-refractivity contribution in [3.8, 4) is 11.5 Å². The second-order valence-electron chi connectivity index (χ2n) is 8.23. The van der Waals surface area contributed by atoms with Gasteiger partial charge in [0.1, 0.15) is 0 Å². The Hall–Kier alpha value is -3.55. The lowest BCUT2D eigenvalue weighted by molar-refractivity contribution is -0.123. The van der Waals surface area contributed by atoms with Gasteiger partial charge >= 0.3 is 0 Å². The quantitative estimate of drug-likeness (QED) is 0.612. The molecular formula is C23H29N3O5. The highest BCUT2D eigenvalue weighted by Gasteiger charge is 2.21. The van der Waals surface area contributed by atoms with Gasteiger partial charge in [0.2, 0.25) is 5.91 Å². The maximum Gasteiger partial charge on any atom is 0.269 e. The second kappa shape index (κ2) is 9.97. The van der Waals surface area contributed by atoms with Gasteiger partial charge in [-0.15, -0.1) is 0 Å². The van der Waals surface area contributed by atoms with Crippen molar-refractivity contribution in [2.75, 3.05) is 12.4 Å². The Morgan fingerprint density at radius 1 is 0.871 bits per heavy atom. The molecule has 0 radical (unpaired) electrons. The monoisotopic (exact) mass is 427 g/mol. The van der Waals surface area contributed by atoms with Crippen LogP contribution in [-0.2, 0) is 4.79 Å². The molecule has 0 saturated heterocycles. The Bertz CT molecular complexity index is 964. The van der Waals surface area contributed by atoms with Gasteiger partial charge in [-0.3, -0.25) is 25.2 Å². The van der Waals surface area contributed by atoms with Crippen molar-refractivity contribution in [1.82, 2.24) is 10.9 Å². The van der Waals surface area contributed by atoms with E-state index in [4.69, 9.17) is 9.47 Å². The molecule has 0 aliphatic rings. The molecule has 8 nitrogen and oxygen atoms in total. The van der Waals surface area contributed by atoms with Gasteiger partial charge in [-0.1, -0.05) is 26.8 Å². The molecular weight excluding hydrogens is 398 g/mol. The molecule has 0 aliphatic heterocycles. The van der Waals surface area contributed by atoms with Gasteiger partial charge in [0, 0.05) is 22.2 Å². The van der Waals surface area contributed by atoms with Crippen LogP contribution in [0, 0.1) is 5.41 Å². The van der Waals surface area contributed by atoms with Crippen LogP contribution < -0.4 is 25.6 Å². The maximum atomic E-state index is 12.4. The third-order valence-corrected chi connectivity index (χ3v) is 4.14. The van der Waals surface area contributed by atoms with Crippen molar-refractivity contribution >= 4 is 23.4 Å². The SMILES string of the molecule is COc1cc(C(=O)NNC(=O)c2cccc(NC(=O)C(C)(C)C)c2)ccc1OC(C)C. The fourth-order valence-electron chi connectivity index (χ4n) is 2.47. The number of anilines is 1. The number of rotatable bonds is 6. The lowest BCUT2D eigenvalue weighted by Gasteiger charge is -2.18. The van der Waals surface area contributed by atoms with E-state index in [9.17, 15) is 14.4 Å². The third kappa shape index (κ3) is 6.74. The predicted octanol–water partition coefficient (Wildman–Crippen LogP) is 3.54. The summed E-state index contributed by atoms with van der Waals surface area (Å²) in [7, 11) is 1.48. The summed E-state index contributed by atoms with van der Waals surface area (Å²) in [5.41, 5.74) is 5.24. The van der Waals surface area contributed by atoms with Gasteiger partial charge in [-0.25, -0.2) is 0 Å². The molecule has 0 aromatic heterocycles. The lowest BCUT2D eigenvalue weighted by atomic mass is 9.95. The molecule has 2 rings (SSSR count). The van der Waals surface area contributed by atoms with Gasteiger partial charge in [0.05, 0.1) is 13.2 Å². The molecule has 3 amide bonds. The lowest BCUT2D eigenvalue weighted by Crippen LogP contribution is -2.41. The zero-order valence-electron chi connectivity index (χ0n) is 18.7. The van der Waals surface area contributed by atoms with Crippen LogP contribution in [0.4, 0.5) is 5.69 Å². The second-order valence-corrected chi connectivity index (χ2v) is 8.23. The number of hydrazine groups is 1. The van der Waals surface area contributed by atoms with Gasteiger partial charge in [-0.2, -0.15) is 0 Å². The number of ether oxygens (including phenoxy) is 2. The summed E-state index contributed by atoms with van der Waals surface area (Å²) in [6.07, 6.45) is -0.0446. The molecule has 166 valence electrons. The van der Waals surface area contributed by atoms with E-state index in [1.807, 2.05) is 13.8 Å². The summed E-state index contributed by atoms with van der Waals surface area (Å²) in [5.74, 6) is -0.272. The van der Waals surface area contributed by atoms with E-state index in [-0.39, 0.29) is 17.6 Å². The maximum absolute atomic E-state index is 12.4. The van der Waals surface area contributed by atoms with E-state index in [2.05, 4.69) is 16.2 Å². The Kier molecular flexibility index (Phi) is 7.63. The summed E-state index contributed by atoms with van der Waals surface area (Å²) in [4.78, 5) is 37.0. The first-order chi connectivity index (χ1) is 14.5. The minimum absolute atomic E-state index is 0.0446. The van der Waals surface area contributed by atoms with Gasteiger partial charge in [0.25, 0.3) is 11.8 Å². The van der Waals surface area contributed by atoms with Gasteiger partial charge < -0.3 is 14.8 Å². The van der Waals surface area contributed by atoms with Crippen molar-refractivity contribution in [2.24, 2.45) is 5.41 Å². The highest BCUT2D eigenvalue weighted by molar-refractivity contribution is 6.01. The minimum Gasteiger partial charge on any atom is -0.493 e. The molecule has 0 saturated carbocycles. The van der Waals surface area contributed by atoms with Crippen molar-refractivity contribution < 1.29 is 23.9 Å².